The molecule has 1 unspecified atom stereocenters. The second-order valence-corrected chi connectivity index (χ2v) is 3.59. The van der Waals surface area contributed by atoms with Crippen LogP contribution in [0.15, 0.2) is 18.2 Å². The summed E-state index contributed by atoms with van der Waals surface area (Å²) in [5.41, 5.74) is 6.81. The van der Waals surface area contributed by atoms with Gasteiger partial charge in [0.2, 0.25) is 0 Å². The van der Waals surface area contributed by atoms with Gasteiger partial charge in [-0.2, -0.15) is 0 Å². The van der Waals surface area contributed by atoms with Crippen molar-refractivity contribution in [2.45, 2.75) is 19.4 Å². The van der Waals surface area contributed by atoms with E-state index in [2.05, 4.69) is 0 Å². The fourth-order valence-electron chi connectivity index (χ4n) is 1.02. The van der Waals surface area contributed by atoms with Gasteiger partial charge in [-0.25, -0.2) is 0 Å². The Labute approximate surface area is 82.5 Å². The van der Waals surface area contributed by atoms with Gasteiger partial charge in [0, 0.05) is 16.1 Å². The third-order valence-corrected chi connectivity index (χ3v) is 2.19. The lowest BCUT2D eigenvalue weighted by Crippen LogP contribution is -2.08. The Kier molecular flexibility index (Phi) is 3.39. The van der Waals surface area contributed by atoms with Crippen molar-refractivity contribution in [1.29, 1.82) is 0 Å². The van der Waals surface area contributed by atoms with Gasteiger partial charge in [0.05, 0.1) is 0 Å². The van der Waals surface area contributed by atoms with Gasteiger partial charge in [-0.3, -0.25) is 0 Å². The number of benzene rings is 1. The summed E-state index contributed by atoms with van der Waals surface area (Å²) < 4.78 is 0. The van der Waals surface area contributed by atoms with Crippen LogP contribution in [-0.4, -0.2) is 0 Å². The van der Waals surface area contributed by atoms with Crippen molar-refractivity contribution >= 4 is 23.2 Å². The largest absolute Gasteiger partial charge is 0.324 e. The van der Waals surface area contributed by atoms with E-state index in [4.69, 9.17) is 28.9 Å². The van der Waals surface area contributed by atoms with E-state index in [1.54, 1.807) is 6.07 Å². The van der Waals surface area contributed by atoms with Gasteiger partial charge in [0.25, 0.3) is 0 Å². The lowest BCUT2D eigenvalue weighted by Gasteiger charge is -2.09. The summed E-state index contributed by atoms with van der Waals surface area (Å²) >= 11 is 11.6. The fourth-order valence-corrected chi connectivity index (χ4v) is 1.57. The molecule has 1 aromatic carbocycles. The Hall–Kier alpha value is -0.240. The van der Waals surface area contributed by atoms with Crippen LogP contribution < -0.4 is 5.73 Å². The molecule has 0 saturated carbocycles. The molecule has 0 radical (unpaired) electrons. The highest BCUT2D eigenvalue weighted by Gasteiger charge is 2.04. The van der Waals surface area contributed by atoms with Gasteiger partial charge in [-0.15, -0.1) is 0 Å². The van der Waals surface area contributed by atoms with E-state index >= 15 is 0 Å². The molecule has 1 nitrogen and oxygen atoms in total. The maximum atomic E-state index is 5.81. The molecule has 0 heterocycles. The van der Waals surface area contributed by atoms with Gasteiger partial charge < -0.3 is 5.73 Å². The quantitative estimate of drug-likeness (QED) is 0.784. The topological polar surface area (TPSA) is 26.0 Å². The van der Waals surface area contributed by atoms with Crippen molar-refractivity contribution in [1.82, 2.24) is 0 Å². The van der Waals surface area contributed by atoms with Crippen LogP contribution >= 0.6 is 23.2 Å². The fraction of sp³-hybridized carbons (Fsp3) is 0.333. The van der Waals surface area contributed by atoms with Crippen LogP contribution in [0.5, 0.6) is 0 Å². The molecule has 0 aromatic heterocycles. The van der Waals surface area contributed by atoms with Gasteiger partial charge in [0.15, 0.2) is 0 Å². The molecule has 0 bridgehead atoms. The van der Waals surface area contributed by atoms with Crippen LogP contribution in [0.2, 0.25) is 10.0 Å². The molecule has 1 atom stereocenters. The maximum Gasteiger partial charge on any atom is 0.0424 e. The second-order valence-electron chi connectivity index (χ2n) is 2.72. The highest BCUT2D eigenvalue weighted by molar-refractivity contribution is 6.34. The normalized spacial score (nSPS) is 13.0. The number of hydrogen-bond acceptors (Lipinski definition) is 1. The van der Waals surface area contributed by atoms with E-state index in [-0.39, 0.29) is 6.04 Å². The number of halogens is 2. The highest BCUT2D eigenvalue weighted by Crippen LogP contribution is 2.23. The molecule has 2 N–H and O–H groups in total. The molecule has 0 aliphatic rings. The molecular formula is C9H11Cl2N. The van der Waals surface area contributed by atoms with Gasteiger partial charge in [-0.05, 0) is 30.2 Å². The monoisotopic (exact) mass is 203 g/mol. The smallest absolute Gasteiger partial charge is 0.0424 e. The molecule has 3 heteroatoms. The predicted molar refractivity (Wildman–Crippen MR) is 53.7 cm³/mol. The first-order valence-corrected chi connectivity index (χ1v) is 4.60. The Balaban J connectivity index is 3.00. The first-order valence-electron chi connectivity index (χ1n) is 3.85. The van der Waals surface area contributed by atoms with Crippen molar-refractivity contribution in [3.8, 4) is 0 Å². The Morgan fingerprint density at radius 3 is 2.17 bits per heavy atom. The van der Waals surface area contributed by atoms with Crippen LogP contribution in [0, 0.1) is 0 Å². The Morgan fingerprint density at radius 2 is 1.75 bits per heavy atom. The minimum Gasteiger partial charge on any atom is -0.324 e. The van der Waals surface area contributed by atoms with Crippen molar-refractivity contribution in [3.63, 3.8) is 0 Å². The summed E-state index contributed by atoms with van der Waals surface area (Å²) in [6, 6.07) is 5.43. The summed E-state index contributed by atoms with van der Waals surface area (Å²) in [6.45, 7) is 2.03. The molecule has 0 amide bonds. The second kappa shape index (κ2) is 4.13. The first-order chi connectivity index (χ1) is 5.63. The summed E-state index contributed by atoms with van der Waals surface area (Å²) in [4.78, 5) is 0. The van der Waals surface area contributed by atoms with E-state index in [1.807, 2.05) is 19.1 Å². The Morgan fingerprint density at radius 1 is 1.25 bits per heavy atom. The van der Waals surface area contributed by atoms with Gasteiger partial charge in [-0.1, -0.05) is 30.1 Å². The van der Waals surface area contributed by atoms with Gasteiger partial charge >= 0.3 is 0 Å². The summed E-state index contributed by atoms with van der Waals surface area (Å²) in [7, 11) is 0. The zero-order valence-electron chi connectivity index (χ0n) is 6.85. The van der Waals surface area contributed by atoms with Crippen molar-refractivity contribution in [2.24, 2.45) is 5.73 Å². The lowest BCUT2D eigenvalue weighted by molar-refractivity contribution is 0.699. The van der Waals surface area contributed by atoms with Gasteiger partial charge in [0.1, 0.15) is 0 Å². The predicted octanol–water partition coefficient (Wildman–Crippen LogP) is 3.40. The lowest BCUT2D eigenvalue weighted by atomic mass is 10.1. The van der Waals surface area contributed by atoms with E-state index in [1.165, 1.54) is 0 Å². The van der Waals surface area contributed by atoms with E-state index < -0.39 is 0 Å². The van der Waals surface area contributed by atoms with Crippen LogP contribution in [0.4, 0.5) is 0 Å². The molecular weight excluding hydrogens is 193 g/mol. The molecule has 66 valence electrons. The SMILES string of the molecule is CCC(N)c1cc(Cl)cc(Cl)c1. The molecule has 1 aromatic rings. The summed E-state index contributed by atoms with van der Waals surface area (Å²) in [5, 5.41) is 1.28. The summed E-state index contributed by atoms with van der Waals surface area (Å²) in [5.74, 6) is 0. The third kappa shape index (κ3) is 2.37. The molecule has 0 saturated heterocycles. The van der Waals surface area contributed by atoms with Crippen molar-refractivity contribution in [3.05, 3.63) is 33.8 Å². The first kappa shape index (κ1) is 9.85. The maximum absolute atomic E-state index is 5.81. The highest BCUT2D eigenvalue weighted by atomic mass is 35.5. The van der Waals surface area contributed by atoms with Crippen LogP contribution in [-0.2, 0) is 0 Å². The minimum absolute atomic E-state index is 0.0289. The average molecular weight is 204 g/mol. The van der Waals surface area contributed by atoms with E-state index in [0.29, 0.717) is 10.0 Å². The summed E-state index contributed by atoms with van der Waals surface area (Å²) in [6.07, 6.45) is 0.886. The van der Waals surface area contributed by atoms with Crippen LogP contribution in [0.25, 0.3) is 0 Å². The zero-order valence-corrected chi connectivity index (χ0v) is 8.36. The molecule has 0 aliphatic heterocycles. The number of nitrogens with two attached hydrogens (primary N) is 1. The number of hydrogen-bond donors (Lipinski definition) is 1. The molecule has 0 aliphatic carbocycles. The zero-order chi connectivity index (χ0) is 9.14. The molecule has 0 fully saturated rings. The molecule has 0 spiro atoms. The molecule has 1 rings (SSSR count). The van der Waals surface area contributed by atoms with Crippen molar-refractivity contribution in [2.75, 3.05) is 0 Å². The van der Waals surface area contributed by atoms with Crippen LogP contribution in [0.3, 0.4) is 0 Å². The molecule has 12 heavy (non-hydrogen) atoms. The minimum atomic E-state index is 0.0289. The van der Waals surface area contributed by atoms with Crippen LogP contribution in [0.1, 0.15) is 24.9 Å². The average Bonchev–Trinajstić information content (AvgIpc) is 2.01. The Bertz CT molecular complexity index is 253. The van der Waals surface area contributed by atoms with Crippen molar-refractivity contribution < 1.29 is 0 Å². The standard InChI is InChI=1S/C9H11Cl2N/c1-2-9(12)6-3-7(10)5-8(11)4-6/h3-5,9H,2,12H2,1H3. The van der Waals surface area contributed by atoms with E-state index in [9.17, 15) is 0 Å². The third-order valence-electron chi connectivity index (χ3n) is 1.75. The van der Waals surface area contributed by atoms with E-state index in [0.717, 1.165) is 12.0 Å². The number of rotatable bonds is 2.